The molecule has 2 amide bonds. The van der Waals surface area contributed by atoms with Gasteiger partial charge < -0.3 is 15.4 Å². The van der Waals surface area contributed by atoms with Gasteiger partial charge in [0, 0.05) is 5.69 Å². The number of fused-ring (bicyclic) bond motifs is 1. The Morgan fingerprint density at radius 1 is 0.700 bits per heavy atom. The molecule has 0 fully saturated rings. The number of amides is 2. The monoisotopic (exact) mass is 396 g/mol. The Hall–Kier alpha value is -4.12. The molecule has 0 aromatic heterocycles. The summed E-state index contributed by atoms with van der Waals surface area (Å²) in [4.78, 5) is 25.0. The van der Waals surface area contributed by atoms with Crippen molar-refractivity contribution in [2.45, 2.75) is 0 Å². The number of ether oxygens (including phenoxy) is 1. The summed E-state index contributed by atoms with van der Waals surface area (Å²) >= 11 is 0. The average Bonchev–Trinajstić information content (AvgIpc) is 2.78. The van der Waals surface area contributed by atoms with E-state index < -0.39 is 0 Å². The Balaban J connectivity index is 1.41. The van der Waals surface area contributed by atoms with E-state index in [4.69, 9.17) is 4.74 Å². The topological polar surface area (TPSA) is 67.4 Å². The highest BCUT2D eigenvalue weighted by Crippen LogP contribution is 2.21. The molecule has 5 heteroatoms. The van der Waals surface area contributed by atoms with Crippen LogP contribution in [0.1, 0.15) is 10.4 Å². The van der Waals surface area contributed by atoms with Gasteiger partial charge in [0.1, 0.15) is 5.75 Å². The number of nitrogens with one attached hydrogen (secondary N) is 2. The van der Waals surface area contributed by atoms with Crippen LogP contribution in [-0.4, -0.2) is 18.4 Å². The molecule has 148 valence electrons. The van der Waals surface area contributed by atoms with Gasteiger partial charge in [-0.1, -0.05) is 60.7 Å². The Bertz CT molecular complexity index is 1190. The maximum atomic E-state index is 12.6. The van der Waals surface area contributed by atoms with E-state index in [0.29, 0.717) is 22.7 Å². The van der Waals surface area contributed by atoms with Crippen molar-refractivity contribution in [1.82, 2.24) is 0 Å². The molecule has 0 heterocycles. The predicted molar refractivity (Wildman–Crippen MR) is 119 cm³/mol. The molecule has 5 nitrogen and oxygen atoms in total. The van der Waals surface area contributed by atoms with Crippen LogP contribution in [0.3, 0.4) is 0 Å². The Labute approximate surface area is 174 Å². The summed E-state index contributed by atoms with van der Waals surface area (Å²) in [5.74, 6) is -0.0328. The van der Waals surface area contributed by atoms with Crippen LogP contribution in [0.25, 0.3) is 10.8 Å². The highest BCUT2D eigenvalue weighted by molar-refractivity contribution is 6.10. The van der Waals surface area contributed by atoms with Crippen molar-refractivity contribution in [1.29, 1.82) is 0 Å². The van der Waals surface area contributed by atoms with Crippen LogP contribution in [-0.2, 0) is 4.79 Å². The summed E-state index contributed by atoms with van der Waals surface area (Å²) in [5.41, 5.74) is 1.49. The zero-order valence-electron chi connectivity index (χ0n) is 16.2. The second kappa shape index (κ2) is 8.92. The quantitative estimate of drug-likeness (QED) is 0.476. The molecule has 0 aliphatic carbocycles. The van der Waals surface area contributed by atoms with Gasteiger partial charge in [0.05, 0.1) is 11.3 Å². The van der Waals surface area contributed by atoms with Crippen LogP contribution in [0.4, 0.5) is 11.4 Å². The maximum absolute atomic E-state index is 12.6. The number of para-hydroxylation sites is 2. The molecule has 0 aliphatic rings. The number of carbonyl (C=O) groups excluding carboxylic acids is 2. The smallest absolute Gasteiger partial charge is 0.262 e. The molecule has 4 rings (SSSR count). The fraction of sp³-hybridized carbons (Fsp3) is 0.0400. The van der Waals surface area contributed by atoms with Crippen molar-refractivity contribution >= 4 is 34.0 Å². The lowest BCUT2D eigenvalue weighted by molar-refractivity contribution is -0.118. The molecular formula is C25H20N2O3. The number of benzene rings is 4. The lowest BCUT2D eigenvalue weighted by Crippen LogP contribution is -2.22. The molecular weight excluding hydrogens is 376 g/mol. The Kier molecular flexibility index (Phi) is 5.71. The van der Waals surface area contributed by atoms with Gasteiger partial charge in [0.25, 0.3) is 11.8 Å². The van der Waals surface area contributed by atoms with Gasteiger partial charge in [-0.3, -0.25) is 9.59 Å². The predicted octanol–water partition coefficient (Wildman–Crippen LogP) is 5.11. The summed E-state index contributed by atoms with van der Waals surface area (Å²) < 4.78 is 5.63. The van der Waals surface area contributed by atoms with E-state index in [9.17, 15) is 9.59 Å². The number of hydrogen-bond donors (Lipinski definition) is 2. The fourth-order valence-corrected chi connectivity index (χ4v) is 3.10. The molecule has 4 aromatic carbocycles. The van der Waals surface area contributed by atoms with E-state index in [0.717, 1.165) is 10.8 Å². The van der Waals surface area contributed by atoms with Crippen LogP contribution in [0.2, 0.25) is 0 Å². The highest BCUT2D eigenvalue weighted by Gasteiger charge is 2.13. The number of carbonyl (C=O) groups is 2. The van der Waals surface area contributed by atoms with E-state index in [1.54, 1.807) is 36.4 Å². The number of hydrogen-bond acceptors (Lipinski definition) is 3. The third-order valence-corrected chi connectivity index (χ3v) is 4.57. The van der Waals surface area contributed by atoms with Crippen molar-refractivity contribution in [2.75, 3.05) is 17.2 Å². The van der Waals surface area contributed by atoms with Gasteiger partial charge in [0.2, 0.25) is 0 Å². The molecule has 0 unspecified atom stereocenters. The lowest BCUT2D eigenvalue weighted by atomic mass is 10.1. The lowest BCUT2D eigenvalue weighted by Gasteiger charge is -2.12. The van der Waals surface area contributed by atoms with E-state index in [1.807, 2.05) is 60.7 Å². The highest BCUT2D eigenvalue weighted by atomic mass is 16.5. The van der Waals surface area contributed by atoms with E-state index in [1.165, 1.54) is 0 Å². The van der Waals surface area contributed by atoms with Gasteiger partial charge in [-0.2, -0.15) is 0 Å². The van der Waals surface area contributed by atoms with Gasteiger partial charge in [-0.25, -0.2) is 0 Å². The molecule has 30 heavy (non-hydrogen) atoms. The molecule has 0 spiro atoms. The second-order valence-electron chi connectivity index (χ2n) is 6.71. The minimum atomic E-state index is -0.344. The molecule has 0 saturated carbocycles. The fourth-order valence-electron chi connectivity index (χ4n) is 3.10. The first-order chi connectivity index (χ1) is 14.7. The molecule has 4 aromatic rings. The van der Waals surface area contributed by atoms with E-state index in [-0.39, 0.29) is 18.4 Å². The van der Waals surface area contributed by atoms with Crippen LogP contribution in [0.15, 0.2) is 97.1 Å². The van der Waals surface area contributed by atoms with Crippen LogP contribution in [0.5, 0.6) is 5.75 Å². The zero-order valence-corrected chi connectivity index (χ0v) is 16.2. The van der Waals surface area contributed by atoms with Crippen molar-refractivity contribution in [3.8, 4) is 5.75 Å². The Morgan fingerprint density at radius 3 is 2.23 bits per heavy atom. The van der Waals surface area contributed by atoms with Crippen molar-refractivity contribution in [3.63, 3.8) is 0 Å². The zero-order chi connectivity index (χ0) is 20.8. The van der Waals surface area contributed by atoms with E-state index in [2.05, 4.69) is 10.6 Å². The van der Waals surface area contributed by atoms with Crippen LogP contribution < -0.4 is 15.4 Å². The van der Waals surface area contributed by atoms with Crippen molar-refractivity contribution < 1.29 is 14.3 Å². The van der Waals surface area contributed by atoms with Gasteiger partial charge in [-0.05, 0) is 47.2 Å². The second-order valence-corrected chi connectivity index (χ2v) is 6.71. The third kappa shape index (κ3) is 4.64. The van der Waals surface area contributed by atoms with Gasteiger partial charge in [-0.15, -0.1) is 0 Å². The number of anilines is 2. The minimum absolute atomic E-state index is 0.160. The first-order valence-electron chi connectivity index (χ1n) is 9.56. The van der Waals surface area contributed by atoms with Crippen LogP contribution in [0, 0.1) is 0 Å². The summed E-state index contributed by atoms with van der Waals surface area (Å²) in [6.45, 7) is -0.160. The number of rotatable bonds is 6. The SMILES string of the molecule is O=C(COc1ccc2ccccc2c1)Nc1ccccc1C(=O)Nc1ccccc1. The van der Waals surface area contributed by atoms with E-state index >= 15 is 0 Å². The largest absolute Gasteiger partial charge is 0.484 e. The molecule has 0 bridgehead atoms. The first kappa shape index (κ1) is 19.2. The van der Waals surface area contributed by atoms with Crippen LogP contribution >= 0.6 is 0 Å². The minimum Gasteiger partial charge on any atom is -0.484 e. The normalized spacial score (nSPS) is 10.4. The molecule has 0 saturated heterocycles. The van der Waals surface area contributed by atoms with Gasteiger partial charge >= 0.3 is 0 Å². The summed E-state index contributed by atoms with van der Waals surface area (Å²) in [6, 6.07) is 29.6. The van der Waals surface area contributed by atoms with Crippen molar-refractivity contribution in [2.24, 2.45) is 0 Å². The standard InChI is InChI=1S/C25H20N2O3/c28-24(17-30-21-15-14-18-8-4-5-9-19(18)16-21)27-23-13-7-6-12-22(23)25(29)26-20-10-2-1-3-11-20/h1-16H,17H2,(H,26,29)(H,27,28). The summed E-state index contributed by atoms with van der Waals surface area (Å²) in [7, 11) is 0. The average molecular weight is 396 g/mol. The summed E-state index contributed by atoms with van der Waals surface area (Å²) in [6.07, 6.45) is 0. The maximum Gasteiger partial charge on any atom is 0.262 e. The Morgan fingerprint density at radius 2 is 1.40 bits per heavy atom. The van der Waals surface area contributed by atoms with Crippen molar-refractivity contribution in [3.05, 3.63) is 103 Å². The van der Waals surface area contributed by atoms with Gasteiger partial charge in [0.15, 0.2) is 6.61 Å². The molecule has 0 radical (unpaired) electrons. The molecule has 0 aliphatic heterocycles. The molecule has 0 atom stereocenters. The summed E-state index contributed by atoms with van der Waals surface area (Å²) in [5, 5.41) is 7.73. The first-order valence-corrected chi connectivity index (χ1v) is 9.56. The molecule has 2 N–H and O–H groups in total. The third-order valence-electron chi connectivity index (χ3n) is 4.57.